The fourth-order valence-electron chi connectivity index (χ4n) is 5.15. The van der Waals surface area contributed by atoms with Crippen LogP contribution in [0, 0.1) is 0 Å². The first-order chi connectivity index (χ1) is 17.9. The quantitative estimate of drug-likeness (QED) is 0.446. The highest BCUT2D eigenvalue weighted by Crippen LogP contribution is 2.47. The molecule has 3 N–H and O–H groups in total. The van der Waals surface area contributed by atoms with E-state index >= 15 is 0 Å². The zero-order chi connectivity index (χ0) is 26.5. The molecule has 1 aliphatic heterocycles. The maximum Gasteiger partial charge on any atom is 0.247 e. The number of ether oxygens (including phenoxy) is 3. The van der Waals surface area contributed by atoms with E-state index in [-0.39, 0.29) is 37.9 Å². The van der Waals surface area contributed by atoms with Crippen molar-refractivity contribution in [3.63, 3.8) is 0 Å². The van der Waals surface area contributed by atoms with E-state index in [0.717, 1.165) is 11.1 Å². The minimum Gasteiger partial charge on any atom is -0.497 e. The first-order valence-electron chi connectivity index (χ1n) is 12.5. The summed E-state index contributed by atoms with van der Waals surface area (Å²) in [5, 5.41) is 23.5. The van der Waals surface area contributed by atoms with Gasteiger partial charge < -0.3 is 34.6 Å². The maximum atomic E-state index is 13.2. The lowest BCUT2D eigenvalue weighted by Crippen LogP contribution is -2.56. The van der Waals surface area contributed by atoms with Crippen LogP contribution >= 0.6 is 0 Å². The van der Waals surface area contributed by atoms with Gasteiger partial charge in [0.2, 0.25) is 11.8 Å². The number of carbonyl (C=O) groups is 2. The van der Waals surface area contributed by atoms with Gasteiger partial charge >= 0.3 is 0 Å². The van der Waals surface area contributed by atoms with Crippen LogP contribution in [0.2, 0.25) is 0 Å². The first kappa shape index (κ1) is 26.5. The van der Waals surface area contributed by atoms with E-state index in [2.05, 4.69) is 5.32 Å². The van der Waals surface area contributed by atoms with Crippen molar-refractivity contribution in [2.45, 2.75) is 43.9 Å². The van der Waals surface area contributed by atoms with Crippen molar-refractivity contribution in [3.05, 3.63) is 65.2 Å². The van der Waals surface area contributed by atoms with Crippen molar-refractivity contribution < 1.29 is 34.0 Å². The second kappa shape index (κ2) is 11.7. The molecule has 4 atom stereocenters. The lowest BCUT2D eigenvalue weighted by atomic mass is 9.77. The third-order valence-corrected chi connectivity index (χ3v) is 6.97. The summed E-state index contributed by atoms with van der Waals surface area (Å²) >= 11 is 0. The number of rotatable bonds is 10. The normalized spacial score (nSPS) is 21.7. The van der Waals surface area contributed by atoms with Crippen LogP contribution in [0.3, 0.4) is 0 Å². The highest BCUT2D eigenvalue weighted by molar-refractivity contribution is 5.96. The lowest BCUT2D eigenvalue weighted by molar-refractivity contribution is -0.136. The van der Waals surface area contributed by atoms with Crippen LogP contribution in [0.25, 0.3) is 0 Å². The number of nitrogens with zero attached hydrogens (tertiary/aromatic N) is 1. The van der Waals surface area contributed by atoms with E-state index in [4.69, 9.17) is 14.2 Å². The number of carbonyl (C=O) groups excluding carboxylic acids is 2. The largest absolute Gasteiger partial charge is 0.497 e. The van der Waals surface area contributed by atoms with Gasteiger partial charge in [-0.05, 0) is 42.3 Å². The minimum atomic E-state index is -1.06. The Morgan fingerprint density at radius 2 is 1.92 bits per heavy atom. The second-order valence-corrected chi connectivity index (χ2v) is 9.05. The van der Waals surface area contributed by atoms with Crippen molar-refractivity contribution in [2.75, 3.05) is 33.9 Å². The molecule has 0 radical (unpaired) electrons. The first-order valence-corrected chi connectivity index (χ1v) is 12.5. The number of aliphatic hydroxyl groups excluding tert-OH is 2. The van der Waals surface area contributed by atoms with Crippen molar-refractivity contribution in [2.24, 2.45) is 0 Å². The SMILES string of the molecule is CCC(=O)N(CCc1cc(OC)ccc1OC)[C@@H]1C=C(C(=O)NCCO)[C@@H]2c3ccccc3O[C@@H]2[C@H]1O. The summed E-state index contributed by atoms with van der Waals surface area (Å²) in [5.41, 5.74) is 2.07. The van der Waals surface area contributed by atoms with Crippen LogP contribution in [0.4, 0.5) is 0 Å². The Morgan fingerprint density at radius 1 is 1.14 bits per heavy atom. The number of amides is 2. The maximum absolute atomic E-state index is 13.2. The van der Waals surface area contributed by atoms with Gasteiger partial charge in [-0.2, -0.15) is 0 Å². The Bertz CT molecular complexity index is 1160. The molecule has 0 aromatic heterocycles. The molecule has 0 spiro atoms. The molecular weight excluding hydrogens is 476 g/mol. The Kier molecular flexibility index (Phi) is 8.35. The Hall–Kier alpha value is -3.56. The second-order valence-electron chi connectivity index (χ2n) is 9.05. The molecule has 2 aromatic rings. The van der Waals surface area contributed by atoms with Gasteiger partial charge in [-0.15, -0.1) is 0 Å². The van der Waals surface area contributed by atoms with Crippen molar-refractivity contribution in [1.29, 1.82) is 0 Å². The topological polar surface area (TPSA) is 118 Å². The summed E-state index contributed by atoms with van der Waals surface area (Å²) in [7, 11) is 3.17. The zero-order valence-electron chi connectivity index (χ0n) is 21.3. The molecule has 0 saturated heterocycles. The van der Waals surface area contributed by atoms with Gasteiger partial charge in [-0.3, -0.25) is 9.59 Å². The van der Waals surface area contributed by atoms with E-state index in [0.29, 0.717) is 29.2 Å². The number of aliphatic hydroxyl groups is 2. The highest BCUT2D eigenvalue weighted by Gasteiger charge is 2.50. The smallest absolute Gasteiger partial charge is 0.247 e. The molecule has 1 aliphatic carbocycles. The molecule has 9 nitrogen and oxygen atoms in total. The summed E-state index contributed by atoms with van der Waals surface area (Å²) in [4.78, 5) is 28.0. The standard InChI is InChI=1S/C28H34N2O7/c1-4-24(32)30(13-11-17-15-18(35-2)9-10-22(17)36-3)21-16-20(28(34)29-12-14-31)25-19-7-5-6-8-23(19)37-27(25)26(21)33/h5-10,15-16,21,25-27,31,33H,4,11-14H2,1-3H3,(H,29,34)/t21-,25+,26+,27+/m1/s1. The van der Waals surface area contributed by atoms with Gasteiger partial charge in [0.15, 0.2) is 0 Å². The van der Waals surface area contributed by atoms with E-state index in [9.17, 15) is 19.8 Å². The Balaban J connectivity index is 1.69. The van der Waals surface area contributed by atoms with Crippen molar-refractivity contribution >= 4 is 11.8 Å². The summed E-state index contributed by atoms with van der Waals surface area (Å²) in [6.07, 6.45) is 0.563. The molecule has 2 aliphatic rings. The third-order valence-electron chi connectivity index (χ3n) is 6.97. The molecule has 1 heterocycles. The Morgan fingerprint density at radius 3 is 2.62 bits per heavy atom. The fraction of sp³-hybridized carbons (Fsp3) is 0.429. The molecule has 4 rings (SSSR count). The summed E-state index contributed by atoms with van der Waals surface area (Å²) in [5.74, 6) is 0.935. The van der Waals surface area contributed by atoms with Crippen molar-refractivity contribution in [1.82, 2.24) is 10.2 Å². The number of hydrogen-bond acceptors (Lipinski definition) is 7. The molecule has 9 heteroatoms. The number of methoxy groups -OCH3 is 2. The molecule has 0 saturated carbocycles. The van der Waals surface area contributed by atoms with Gasteiger partial charge in [0, 0.05) is 30.6 Å². The Labute approximate surface area is 216 Å². The monoisotopic (exact) mass is 510 g/mol. The number of benzene rings is 2. The van der Waals surface area contributed by atoms with Gasteiger partial charge in [0.05, 0.1) is 32.8 Å². The molecular formula is C28H34N2O7. The van der Waals surface area contributed by atoms with Crippen LogP contribution in [-0.4, -0.2) is 79.1 Å². The number of nitrogens with one attached hydrogen (secondary N) is 1. The number of hydrogen-bond donors (Lipinski definition) is 3. The molecule has 37 heavy (non-hydrogen) atoms. The average Bonchev–Trinajstić information content (AvgIpc) is 3.32. The average molecular weight is 511 g/mol. The molecule has 2 aromatic carbocycles. The van der Waals surface area contributed by atoms with E-state index < -0.39 is 24.2 Å². The molecule has 198 valence electrons. The van der Waals surface area contributed by atoms with Crippen LogP contribution in [0.15, 0.2) is 54.1 Å². The van der Waals surface area contributed by atoms with Gasteiger partial charge in [-0.25, -0.2) is 0 Å². The van der Waals surface area contributed by atoms with Gasteiger partial charge in [0.25, 0.3) is 0 Å². The molecule has 0 fully saturated rings. The lowest BCUT2D eigenvalue weighted by Gasteiger charge is -2.40. The summed E-state index contributed by atoms with van der Waals surface area (Å²) in [6, 6.07) is 12.1. The van der Waals surface area contributed by atoms with E-state index in [1.54, 1.807) is 38.2 Å². The minimum absolute atomic E-state index is 0.0938. The molecule has 2 amide bonds. The summed E-state index contributed by atoms with van der Waals surface area (Å²) < 4.78 is 17.0. The predicted molar refractivity (Wildman–Crippen MR) is 137 cm³/mol. The van der Waals surface area contributed by atoms with Crippen LogP contribution in [-0.2, 0) is 16.0 Å². The van der Waals surface area contributed by atoms with Crippen LogP contribution < -0.4 is 19.5 Å². The third kappa shape index (κ3) is 5.28. The van der Waals surface area contributed by atoms with Gasteiger partial charge in [0.1, 0.15) is 29.5 Å². The number of para-hydroxylation sites is 1. The fourth-order valence-corrected chi connectivity index (χ4v) is 5.15. The molecule has 0 bridgehead atoms. The highest BCUT2D eigenvalue weighted by atomic mass is 16.5. The molecule has 0 unspecified atom stereocenters. The van der Waals surface area contributed by atoms with E-state index in [1.807, 2.05) is 36.4 Å². The predicted octanol–water partition coefficient (Wildman–Crippen LogP) is 1.81. The zero-order valence-corrected chi connectivity index (χ0v) is 21.3. The van der Waals surface area contributed by atoms with Crippen LogP contribution in [0.1, 0.15) is 30.4 Å². The van der Waals surface area contributed by atoms with Crippen LogP contribution in [0.5, 0.6) is 17.2 Å². The van der Waals surface area contributed by atoms with Gasteiger partial charge in [-0.1, -0.05) is 25.1 Å². The number of fused-ring (bicyclic) bond motifs is 3. The van der Waals surface area contributed by atoms with Crippen molar-refractivity contribution in [3.8, 4) is 17.2 Å². The summed E-state index contributed by atoms with van der Waals surface area (Å²) in [6.45, 7) is 1.94. The van der Waals surface area contributed by atoms with E-state index in [1.165, 1.54) is 0 Å².